The van der Waals surface area contributed by atoms with Gasteiger partial charge in [-0.15, -0.1) is 11.3 Å². The second-order valence-corrected chi connectivity index (χ2v) is 4.40. The molecule has 0 saturated heterocycles. The molecule has 0 amide bonds. The monoisotopic (exact) mass is 213 g/mol. The summed E-state index contributed by atoms with van der Waals surface area (Å²) in [5.74, 6) is 0. The maximum Gasteiger partial charge on any atom is 0.0821 e. The molecule has 0 atom stereocenters. The largest absolute Gasteiger partial charge is 0.255 e. The molecule has 2 heterocycles. The lowest BCUT2D eigenvalue weighted by Gasteiger charge is -1.81. The molecule has 0 aliphatic rings. The summed E-state index contributed by atoms with van der Waals surface area (Å²) in [7, 11) is 0. The molecule has 0 radical (unpaired) electrons. The molecule has 0 unspecified atom stereocenters. The van der Waals surface area contributed by atoms with Gasteiger partial charge in [0.25, 0.3) is 0 Å². The summed E-state index contributed by atoms with van der Waals surface area (Å²) in [6, 6.07) is 6.04. The highest BCUT2D eigenvalue weighted by atomic mass is 79.9. The molecule has 0 bridgehead atoms. The van der Waals surface area contributed by atoms with Crippen LogP contribution in [0.4, 0.5) is 0 Å². The van der Waals surface area contributed by atoms with Crippen molar-refractivity contribution in [2.24, 2.45) is 0 Å². The van der Waals surface area contributed by atoms with Crippen LogP contribution in [0.3, 0.4) is 0 Å². The van der Waals surface area contributed by atoms with Crippen molar-refractivity contribution in [3.63, 3.8) is 0 Å². The Balaban J connectivity index is 2.88. The zero-order valence-corrected chi connectivity index (χ0v) is 7.45. The minimum atomic E-state index is 1.07. The lowest BCUT2D eigenvalue weighted by molar-refractivity contribution is 1.43. The lowest BCUT2D eigenvalue weighted by atomic mass is 10.4. The van der Waals surface area contributed by atoms with Gasteiger partial charge in [-0.25, -0.2) is 0 Å². The third-order valence-electron chi connectivity index (χ3n) is 1.26. The Bertz CT molecular complexity index is 322. The maximum absolute atomic E-state index is 4.18. The summed E-state index contributed by atoms with van der Waals surface area (Å²) in [5.41, 5.74) is 1.07. The first-order chi connectivity index (χ1) is 4.86. The predicted octanol–water partition coefficient (Wildman–Crippen LogP) is 3.06. The van der Waals surface area contributed by atoms with Gasteiger partial charge in [-0.2, -0.15) is 0 Å². The molecule has 0 aromatic carbocycles. The van der Waals surface area contributed by atoms with Crippen molar-refractivity contribution < 1.29 is 0 Å². The first-order valence-corrected chi connectivity index (χ1v) is 4.47. The van der Waals surface area contributed by atoms with Gasteiger partial charge in [-0.3, -0.25) is 4.98 Å². The summed E-state index contributed by atoms with van der Waals surface area (Å²) < 4.78 is 2.37. The predicted molar refractivity (Wildman–Crippen MR) is 47.3 cm³/mol. The van der Waals surface area contributed by atoms with Crippen molar-refractivity contribution in [1.82, 2.24) is 4.98 Å². The highest BCUT2D eigenvalue weighted by molar-refractivity contribution is 9.11. The Hall–Kier alpha value is -0.410. The summed E-state index contributed by atoms with van der Waals surface area (Å²) in [4.78, 5) is 4.18. The number of thiophene rings is 1. The van der Waals surface area contributed by atoms with Crippen molar-refractivity contribution in [2.75, 3.05) is 0 Å². The fourth-order valence-electron chi connectivity index (χ4n) is 0.839. The van der Waals surface area contributed by atoms with Crippen LogP contribution in [0.1, 0.15) is 0 Å². The average Bonchev–Trinajstić information content (AvgIpc) is 2.27. The average molecular weight is 214 g/mol. The Kier molecular flexibility index (Phi) is 1.47. The highest BCUT2D eigenvalue weighted by Crippen LogP contribution is 2.27. The first kappa shape index (κ1) is 6.31. The smallest absolute Gasteiger partial charge is 0.0821 e. The van der Waals surface area contributed by atoms with Gasteiger partial charge in [-0.1, -0.05) is 0 Å². The van der Waals surface area contributed by atoms with Crippen LogP contribution in [-0.2, 0) is 0 Å². The van der Waals surface area contributed by atoms with Crippen LogP contribution in [-0.4, -0.2) is 4.98 Å². The van der Waals surface area contributed by atoms with Crippen molar-refractivity contribution in [1.29, 1.82) is 0 Å². The molecule has 0 aliphatic heterocycles. The van der Waals surface area contributed by atoms with Gasteiger partial charge in [0.2, 0.25) is 0 Å². The number of nitrogens with zero attached hydrogens (tertiary/aromatic N) is 1. The van der Waals surface area contributed by atoms with E-state index >= 15 is 0 Å². The SMILES string of the molecule is Brc1cc2ncccc2s1. The van der Waals surface area contributed by atoms with Crippen LogP contribution in [0.5, 0.6) is 0 Å². The third kappa shape index (κ3) is 0.954. The van der Waals surface area contributed by atoms with Crippen molar-refractivity contribution in [2.45, 2.75) is 0 Å². The zero-order chi connectivity index (χ0) is 6.97. The van der Waals surface area contributed by atoms with Gasteiger partial charge in [0.05, 0.1) is 14.0 Å². The molecule has 1 nitrogen and oxygen atoms in total. The molecule has 2 rings (SSSR count). The standard InChI is InChI=1S/C7H4BrNS/c8-7-4-5-6(10-7)2-1-3-9-5/h1-4H. The van der Waals surface area contributed by atoms with E-state index < -0.39 is 0 Å². The van der Waals surface area contributed by atoms with Gasteiger partial charge in [-0.05, 0) is 34.1 Å². The highest BCUT2D eigenvalue weighted by Gasteiger charge is 1.96. The number of pyridine rings is 1. The third-order valence-corrected chi connectivity index (χ3v) is 2.85. The Morgan fingerprint density at radius 2 is 2.40 bits per heavy atom. The number of rotatable bonds is 0. The van der Waals surface area contributed by atoms with E-state index in [0.29, 0.717) is 0 Å². The summed E-state index contributed by atoms with van der Waals surface area (Å²) in [6.07, 6.45) is 1.81. The quantitative estimate of drug-likeness (QED) is 0.656. The number of halogens is 1. The minimum Gasteiger partial charge on any atom is -0.255 e. The summed E-state index contributed by atoms with van der Waals surface area (Å²) >= 11 is 5.11. The minimum absolute atomic E-state index is 1.07. The van der Waals surface area contributed by atoms with Gasteiger partial charge in [0, 0.05) is 6.20 Å². The van der Waals surface area contributed by atoms with Crippen LogP contribution in [0.2, 0.25) is 0 Å². The Labute approximate surface area is 70.8 Å². The maximum atomic E-state index is 4.18. The zero-order valence-electron chi connectivity index (χ0n) is 5.04. The van der Waals surface area contributed by atoms with Gasteiger partial charge in [0.1, 0.15) is 0 Å². The Morgan fingerprint density at radius 1 is 1.50 bits per heavy atom. The van der Waals surface area contributed by atoms with E-state index in [0.717, 1.165) is 9.30 Å². The van der Waals surface area contributed by atoms with Gasteiger partial charge in [0.15, 0.2) is 0 Å². The van der Waals surface area contributed by atoms with E-state index in [2.05, 4.69) is 27.0 Å². The Morgan fingerprint density at radius 3 is 3.20 bits per heavy atom. The van der Waals surface area contributed by atoms with Crippen molar-refractivity contribution >= 4 is 37.5 Å². The number of hydrogen-bond donors (Lipinski definition) is 0. The van der Waals surface area contributed by atoms with Gasteiger partial charge < -0.3 is 0 Å². The second kappa shape index (κ2) is 2.32. The van der Waals surface area contributed by atoms with E-state index in [9.17, 15) is 0 Å². The fraction of sp³-hybridized carbons (Fsp3) is 0. The van der Waals surface area contributed by atoms with E-state index in [1.54, 1.807) is 11.3 Å². The molecular formula is C7H4BrNS. The molecule has 3 heteroatoms. The van der Waals surface area contributed by atoms with E-state index in [1.807, 2.05) is 18.3 Å². The normalized spacial score (nSPS) is 10.5. The second-order valence-electron chi connectivity index (χ2n) is 1.94. The number of fused-ring (bicyclic) bond motifs is 1. The van der Waals surface area contributed by atoms with Crippen molar-refractivity contribution in [3.8, 4) is 0 Å². The molecule has 0 fully saturated rings. The first-order valence-electron chi connectivity index (χ1n) is 2.86. The van der Waals surface area contributed by atoms with Crippen molar-refractivity contribution in [3.05, 3.63) is 28.2 Å². The van der Waals surface area contributed by atoms with E-state index in [-0.39, 0.29) is 0 Å². The molecular weight excluding hydrogens is 210 g/mol. The van der Waals surface area contributed by atoms with Crippen LogP contribution < -0.4 is 0 Å². The summed E-state index contributed by atoms with van der Waals surface area (Å²) in [5, 5.41) is 0. The number of aromatic nitrogens is 1. The fourth-order valence-corrected chi connectivity index (χ4v) is 2.32. The van der Waals surface area contributed by atoms with Crippen LogP contribution in [0.15, 0.2) is 28.2 Å². The topological polar surface area (TPSA) is 12.9 Å². The van der Waals surface area contributed by atoms with E-state index in [4.69, 9.17) is 0 Å². The number of hydrogen-bond acceptors (Lipinski definition) is 2. The molecule has 0 aliphatic carbocycles. The molecule has 0 saturated carbocycles. The lowest BCUT2D eigenvalue weighted by Crippen LogP contribution is -1.65. The van der Waals surface area contributed by atoms with Crippen LogP contribution in [0, 0.1) is 0 Å². The summed E-state index contributed by atoms with van der Waals surface area (Å²) in [6.45, 7) is 0. The molecule has 0 spiro atoms. The molecule has 10 heavy (non-hydrogen) atoms. The van der Waals surface area contributed by atoms with E-state index in [1.165, 1.54) is 4.70 Å². The molecule has 2 aromatic rings. The van der Waals surface area contributed by atoms with Gasteiger partial charge >= 0.3 is 0 Å². The molecule has 50 valence electrons. The van der Waals surface area contributed by atoms with Crippen LogP contribution in [0.25, 0.3) is 10.2 Å². The molecule has 2 aromatic heterocycles. The molecule has 0 N–H and O–H groups in total. The van der Waals surface area contributed by atoms with Crippen LogP contribution >= 0.6 is 27.3 Å².